The third kappa shape index (κ3) is 6.50. The molecule has 1 heterocycles. The number of para-hydroxylation sites is 1. The molecule has 1 aromatic heterocycles. The highest BCUT2D eigenvalue weighted by atomic mass is 16.3. The molecule has 12 aromatic carbocycles. The molecule has 0 bridgehead atoms. The number of rotatable bonds is 7. The topological polar surface area (TPSA) is 16.4 Å². The fraction of sp³-hybridized carbons (Fsp3) is 0. The predicted octanol–water partition coefficient (Wildman–Crippen LogP) is 18.3. The minimum atomic E-state index is 0.898. The molecule has 0 aliphatic heterocycles. The summed E-state index contributed by atoms with van der Waals surface area (Å²) in [6.45, 7) is 0. The molecule has 0 aliphatic carbocycles. The third-order valence-corrected chi connectivity index (χ3v) is 13.4. The van der Waals surface area contributed by atoms with Crippen molar-refractivity contribution in [2.75, 3.05) is 4.90 Å². The van der Waals surface area contributed by atoms with Crippen molar-refractivity contribution in [1.82, 2.24) is 0 Å². The molecular formula is C64H41NO. The first kappa shape index (κ1) is 37.8. The fourth-order valence-corrected chi connectivity index (χ4v) is 10.1. The number of fused-ring (bicyclic) bond motifs is 9. The van der Waals surface area contributed by atoms with Gasteiger partial charge in [-0.15, -0.1) is 0 Å². The minimum Gasteiger partial charge on any atom is -0.456 e. The van der Waals surface area contributed by atoms with E-state index in [1.807, 2.05) is 12.1 Å². The number of furan rings is 1. The second-order valence-electron chi connectivity index (χ2n) is 17.3. The maximum atomic E-state index is 6.27. The molecule has 0 atom stereocenters. The van der Waals surface area contributed by atoms with Gasteiger partial charge in [0.05, 0.1) is 0 Å². The van der Waals surface area contributed by atoms with E-state index in [1.54, 1.807) is 0 Å². The van der Waals surface area contributed by atoms with Crippen LogP contribution in [0.15, 0.2) is 253 Å². The quantitative estimate of drug-likeness (QED) is 0.149. The molecule has 66 heavy (non-hydrogen) atoms. The molecule has 13 aromatic rings. The summed E-state index contributed by atoms with van der Waals surface area (Å²) < 4.78 is 6.27. The zero-order chi connectivity index (χ0) is 43.6. The van der Waals surface area contributed by atoms with E-state index in [0.29, 0.717) is 0 Å². The van der Waals surface area contributed by atoms with E-state index >= 15 is 0 Å². The Hall–Kier alpha value is -8.72. The lowest BCUT2D eigenvalue weighted by molar-refractivity contribution is 0.669. The number of benzene rings is 12. The Morgan fingerprint density at radius 2 is 0.667 bits per heavy atom. The second kappa shape index (κ2) is 15.5. The highest BCUT2D eigenvalue weighted by Gasteiger charge is 2.17. The SMILES string of the molecule is c1cc(-c2ccc(-c3ccc4ccc5ccccc5c4c3)cc2)cc(N(c2ccc(-c3ccc4ccc5ccccc5c4c3)cc2)c2ccc(-c3cccc4oc5ccccc5c34)cc2)c1. The highest BCUT2D eigenvalue weighted by molar-refractivity contribution is 6.13. The van der Waals surface area contributed by atoms with Crippen molar-refractivity contribution in [3.8, 4) is 44.5 Å². The van der Waals surface area contributed by atoms with Gasteiger partial charge in [0.15, 0.2) is 0 Å². The van der Waals surface area contributed by atoms with Gasteiger partial charge in [0.1, 0.15) is 11.2 Å². The smallest absolute Gasteiger partial charge is 0.136 e. The normalized spacial score (nSPS) is 11.6. The number of anilines is 3. The van der Waals surface area contributed by atoms with Gasteiger partial charge in [0.2, 0.25) is 0 Å². The van der Waals surface area contributed by atoms with E-state index in [-0.39, 0.29) is 0 Å². The van der Waals surface area contributed by atoms with Gasteiger partial charge in [-0.1, -0.05) is 188 Å². The van der Waals surface area contributed by atoms with Crippen LogP contribution in [-0.2, 0) is 0 Å². The van der Waals surface area contributed by atoms with Crippen LogP contribution in [0.25, 0.3) is 110 Å². The summed E-state index contributed by atoms with van der Waals surface area (Å²) in [4.78, 5) is 2.37. The van der Waals surface area contributed by atoms with Crippen molar-refractivity contribution in [2.24, 2.45) is 0 Å². The lowest BCUT2D eigenvalue weighted by Gasteiger charge is -2.26. The first-order chi connectivity index (χ1) is 32.7. The van der Waals surface area contributed by atoms with Crippen LogP contribution in [0.5, 0.6) is 0 Å². The van der Waals surface area contributed by atoms with E-state index < -0.39 is 0 Å². The van der Waals surface area contributed by atoms with Crippen molar-refractivity contribution < 1.29 is 4.42 Å². The molecule has 0 saturated heterocycles. The van der Waals surface area contributed by atoms with Crippen LogP contribution in [0.2, 0.25) is 0 Å². The molecular weight excluding hydrogens is 799 g/mol. The van der Waals surface area contributed by atoms with Crippen molar-refractivity contribution in [3.63, 3.8) is 0 Å². The average molecular weight is 840 g/mol. The molecule has 0 fully saturated rings. The molecule has 0 spiro atoms. The second-order valence-corrected chi connectivity index (χ2v) is 17.3. The first-order valence-electron chi connectivity index (χ1n) is 22.6. The summed E-state index contributed by atoms with van der Waals surface area (Å²) in [7, 11) is 0. The molecule has 0 radical (unpaired) electrons. The first-order valence-corrected chi connectivity index (χ1v) is 22.6. The van der Waals surface area contributed by atoms with Crippen LogP contribution in [0.1, 0.15) is 0 Å². The summed E-state index contributed by atoms with van der Waals surface area (Å²) in [6.07, 6.45) is 0. The minimum absolute atomic E-state index is 0.898. The molecule has 0 aliphatic rings. The van der Waals surface area contributed by atoms with Gasteiger partial charge in [-0.05, 0) is 148 Å². The largest absolute Gasteiger partial charge is 0.456 e. The number of nitrogens with zero attached hydrogens (tertiary/aromatic N) is 1. The van der Waals surface area contributed by atoms with Gasteiger partial charge >= 0.3 is 0 Å². The average Bonchev–Trinajstić information content (AvgIpc) is 3.78. The Morgan fingerprint density at radius 3 is 1.26 bits per heavy atom. The van der Waals surface area contributed by atoms with Gasteiger partial charge in [-0.25, -0.2) is 0 Å². The van der Waals surface area contributed by atoms with Crippen LogP contribution in [0, 0.1) is 0 Å². The van der Waals surface area contributed by atoms with Crippen molar-refractivity contribution >= 4 is 82.1 Å². The Balaban J connectivity index is 0.880. The molecule has 0 amide bonds. The summed E-state index contributed by atoms with van der Waals surface area (Å²) in [5.41, 5.74) is 14.5. The van der Waals surface area contributed by atoms with Crippen LogP contribution in [-0.4, -0.2) is 0 Å². The zero-order valence-corrected chi connectivity index (χ0v) is 36.0. The Kier molecular flexibility index (Phi) is 8.89. The maximum absolute atomic E-state index is 6.27. The lowest BCUT2D eigenvalue weighted by Crippen LogP contribution is -2.10. The van der Waals surface area contributed by atoms with Gasteiger partial charge in [0, 0.05) is 27.8 Å². The summed E-state index contributed by atoms with van der Waals surface area (Å²) in [5, 5.41) is 12.4. The summed E-state index contributed by atoms with van der Waals surface area (Å²) in [6, 6.07) is 90.3. The van der Waals surface area contributed by atoms with Crippen LogP contribution >= 0.6 is 0 Å². The van der Waals surface area contributed by atoms with Crippen molar-refractivity contribution in [1.29, 1.82) is 0 Å². The zero-order valence-electron chi connectivity index (χ0n) is 36.0. The van der Waals surface area contributed by atoms with Gasteiger partial charge in [0.25, 0.3) is 0 Å². The predicted molar refractivity (Wildman–Crippen MR) is 280 cm³/mol. The summed E-state index contributed by atoms with van der Waals surface area (Å²) >= 11 is 0. The highest BCUT2D eigenvalue weighted by Crippen LogP contribution is 2.42. The molecule has 13 rings (SSSR count). The van der Waals surface area contributed by atoms with Gasteiger partial charge in [-0.2, -0.15) is 0 Å². The molecule has 0 saturated carbocycles. The van der Waals surface area contributed by atoms with E-state index in [9.17, 15) is 0 Å². The number of hydrogen-bond donors (Lipinski definition) is 0. The Bertz CT molecular complexity index is 3970. The van der Waals surface area contributed by atoms with E-state index in [1.165, 1.54) is 70.9 Å². The number of hydrogen-bond acceptors (Lipinski definition) is 2. The van der Waals surface area contributed by atoms with Gasteiger partial charge in [-0.3, -0.25) is 0 Å². The molecule has 2 heteroatoms. The van der Waals surface area contributed by atoms with Gasteiger partial charge < -0.3 is 9.32 Å². The van der Waals surface area contributed by atoms with E-state index in [0.717, 1.165) is 55.7 Å². The van der Waals surface area contributed by atoms with Crippen LogP contribution in [0.4, 0.5) is 17.1 Å². The van der Waals surface area contributed by atoms with Crippen molar-refractivity contribution in [3.05, 3.63) is 249 Å². The molecule has 0 N–H and O–H groups in total. The van der Waals surface area contributed by atoms with E-state index in [4.69, 9.17) is 4.42 Å². The fourth-order valence-electron chi connectivity index (χ4n) is 10.1. The summed E-state index contributed by atoms with van der Waals surface area (Å²) in [5.74, 6) is 0. The third-order valence-electron chi connectivity index (χ3n) is 13.4. The van der Waals surface area contributed by atoms with Crippen LogP contribution in [0.3, 0.4) is 0 Å². The molecule has 0 unspecified atom stereocenters. The van der Waals surface area contributed by atoms with E-state index in [2.05, 4.69) is 241 Å². The Labute approximate surface area is 382 Å². The lowest BCUT2D eigenvalue weighted by atomic mass is 9.96. The monoisotopic (exact) mass is 839 g/mol. The Morgan fingerprint density at radius 1 is 0.242 bits per heavy atom. The molecule has 308 valence electrons. The maximum Gasteiger partial charge on any atom is 0.136 e. The molecule has 2 nitrogen and oxygen atoms in total. The standard InChI is InChI=1S/C64H41NO/c1-3-13-56-45(9-1)23-25-48-27-29-51(40-60(48)56)43-21-19-42(20-22-43)50-11-7-12-55(39-50)65(54-37-33-47(34-38-54)58-16-8-18-63-64(58)59-15-5-6-17-62(59)66-63)53-35-31-44(32-36-53)52-30-28-49-26-24-46-10-2-4-14-57(46)61(49)41-52/h1-41H. The van der Waals surface area contributed by atoms with Crippen molar-refractivity contribution in [2.45, 2.75) is 0 Å². The van der Waals surface area contributed by atoms with Crippen LogP contribution < -0.4 is 4.90 Å².